The molecule has 1 saturated heterocycles. The zero-order valence-corrected chi connectivity index (χ0v) is 26.3. The van der Waals surface area contributed by atoms with Crippen molar-refractivity contribution in [3.63, 3.8) is 0 Å². The number of carbonyl (C=O) groups excluding carboxylic acids is 4. The van der Waals surface area contributed by atoms with Gasteiger partial charge in [-0.25, -0.2) is 4.79 Å². The van der Waals surface area contributed by atoms with Gasteiger partial charge in [0.15, 0.2) is 0 Å². The normalized spacial score (nSPS) is 17.2. The quantitative estimate of drug-likeness (QED) is 0.113. The third kappa shape index (κ3) is 13.1. The number of carbonyl (C=O) groups is 6. The number of phenolic OH excluding ortho intramolecular Hbond substituents is 1. The molecule has 0 aliphatic carbocycles. The van der Waals surface area contributed by atoms with Gasteiger partial charge in [-0.2, -0.15) is 0 Å². The predicted molar refractivity (Wildman–Crippen MR) is 164 cm³/mol. The maximum Gasteiger partial charge on any atom is 0.326 e. The zero-order valence-electron chi connectivity index (χ0n) is 26.3. The van der Waals surface area contributed by atoms with Crippen molar-refractivity contribution < 1.29 is 44.1 Å². The van der Waals surface area contributed by atoms with Crippen molar-refractivity contribution in [1.29, 1.82) is 0 Å². The van der Waals surface area contributed by atoms with Crippen molar-refractivity contribution in [3.05, 3.63) is 29.8 Å². The number of benzene rings is 1. The van der Waals surface area contributed by atoms with E-state index in [0.717, 1.165) is 6.42 Å². The second-order valence-corrected chi connectivity index (χ2v) is 12.3. The van der Waals surface area contributed by atoms with Gasteiger partial charge in [0.1, 0.15) is 29.9 Å². The minimum atomic E-state index is -1.48. The molecule has 14 nitrogen and oxygen atoms in total. The fraction of sp³-hybridized carbons (Fsp3) is 0.613. The molecule has 14 heteroatoms. The summed E-state index contributed by atoms with van der Waals surface area (Å²) in [5, 5.41) is 41.8. The Morgan fingerprint density at radius 3 is 1.78 bits per heavy atom. The van der Waals surface area contributed by atoms with E-state index in [4.69, 9.17) is 5.11 Å². The third-order valence-electron chi connectivity index (χ3n) is 7.33. The summed E-state index contributed by atoms with van der Waals surface area (Å²) in [5.41, 5.74) is 0.595. The number of aliphatic carboxylic acids is 2. The highest BCUT2D eigenvalue weighted by molar-refractivity contribution is 5.95. The Balaban J connectivity index is 2.30. The molecule has 2 rings (SSSR count). The molecule has 0 saturated carbocycles. The summed E-state index contributed by atoms with van der Waals surface area (Å²) >= 11 is 0. The molecule has 0 bridgehead atoms. The van der Waals surface area contributed by atoms with E-state index < -0.39 is 66.3 Å². The second kappa shape index (κ2) is 17.9. The van der Waals surface area contributed by atoms with Gasteiger partial charge < -0.3 is 41.9 Å². The first-order valence-corrected chi connectivity index (χ1v) is 15.3. The van der Waals surface area contributed by atoms with Crippen molar-refractivity contribution in [1.82, 2.24) is 26.6 Å². The number of carboxylic acids is 2. The Labute approximate surface area is 263 Å². The Kier molecular flexibility index (Phi) is 14.7. The largest absolute Gasteiger partial charge is 0.508 e. The molecule has 45 heavy (non-hydrogen) atoms. The van der Waals surface area contributed by atoms with E-state index in [1.165, 1.54) is 12.1 Å². The zero-order chi connectivity index (χ0) is 33.7. The average molecular weight is 634 g/mol. The lowest BCUT2D eigenvalue weighted by molar-refractivity contribution is -0.143. The lowest BCUT2D eigenvalue weighted by atomic mass is 9.99. The Bertz CT molecular complexity index is 1180. The average Bonchev–Trinajstić information content (AvgIpc) is 3.49. The molecule has 0 spiro atoms. The van der Waals surface area contributed by atoms with E-state index in [-0.39, 0.29) is 42.8 Å². The number of hydrogen-bond acceptors (Lipinski definition) is 8. The summed E-state index contributed by atoms with van der Waals surface area (Å²) in [6.07, 6.45) is 1.07. The smallest absolute Gasteiger partial charge is 0.326 e. The summed E-state index contributed by atoms with van der Waals surface area (Å²) in [6.45, 7) is 8.11. The number of aromatic hydroxyl groups is 1. The number of phenols is 1. The first kappa shape index (κ1) is 37.0. The molecule has 1 aliphatic rings. The topological polar surface area (TPSA) is 223 Å². The standard InChI is InChI=1S/C31H47N5O9/c1-17(2)14-23(28(41)33-22(31(44)45)11-12-26(38)39)35-30(43)25(16-19-7-9-20(37)10-8-19)36-29(42)24(15-18(3)4)34-27(40)21-6-5-13-32-21/h7-10,17-18,21-25,32,37H,5-6,11-16H2,1-4H3,(H,33,41)(H,34,40)(H,35,43)(H,36,42)(H,38,39)(H,44,45)/t21-,22-,23-,24-,25-/m0/s1. The van der Waals surface area contributed by atoms with E-state index in [1.54, 1.807) is 26.0 Å². The molecular formula is C31H47N5O9. The van der Waals surface area contributed by atoms with E-state index in [0.29, 0.717) is 24.9 Å². The van der Waals surface area contributed by atoms with Crippen LogP contribution in [0.25, 0.3) is 0 Å². The van der Waals surface area contributed by atoms with Gasteiger partial charge >= 0.3 is 11.9 Å². The molecular weight excluding hydrogens is 586 g/mol. The van der Waals surface area contributed by atoms with Crippen LogP contribution in [-0.2, 0) is 35.2 Å². The summed E-state index contributed by atoms with van der Waals surface area (Å²) in [7, 11) is 0. The molecule has 1 aromatic carbocycles. The van der Waals surface area contributed by atoms with Crippen LogP contribution in [0.4, 0.5) is 0 Å². The maximum atomic E-state index is 13.7. The van der Waals surface area contributed by atoms with Crippen molar-refractivity contribution in [2.45, 2.75) is 103 Å². The van der Waals surface area contributed by atoms with E-state index in [9.17, 15) is 39.0 Å². The first-order chi connectivity index (χ1) is 21.2. The molecule has 250 valence electrons. The van der Waals surface area contributed by atoms with Crippen molar-refractivity contribution in [3.8, 4) is 5.75 Å². The van der Waals surface area contributed by atoms with Gasteiger partial charge in [0.25, 0.3) is 0 Å². The Hall–Kier alpha value is -4.20. The predicted octanol–water partition coefficient (Wildman–Crippen LogP) is 0.668. The third-order valence-corrected chi connectivity index (χ3v) is 7.33. The molecule has 4 amide bonds. The highest BCUT2D eigenvalue weighted by Crippen LogP contribution is 2.14. The Morgan fingerprint density at radius 1 is 0.778 bits per heavy atom. The van der Waals surface area contributed by atoms with Crippen molar-refractivity contribution in [2.75, 3.05) is 6.54 Å². The molecule has 0 radical (unpaired) electrons. The maximum absolute atomic E-state index is 13.7. The van der Waals surface area contributed by atoms with Crippen molar-refractivity contribution >= 4 is 35.6 Å². The first-order valence-electron chi connectivity index (χ1n) is 15.3. The molecule has 8 N–H and O–H groups in total. The molecule has 0 unspecified atom stereocenters. The van der Waals surface area contributed by atoms with Gasteiger partial charge in [0.05, 0.1) is 6.04 Å². The number of rotatable bonds is 18. The van der Waals surface area contributed by atoms with Gasteiger partial charge in [-0.15, -0.1) is 0 Å². The monoisotopic (exact) mass is 633 g/mol. The lowest BCUT2D eigenvalue weighted by Gasteiger charge is -2.27. The van der Waals surface area contributed by atoms with Crippen molar-refractivity contribution in [2.24, 2.45) is 11.8 Å². The van der Waals surface area contributed by atoms with Crippen LogP contribution >= 0.6 is 0 Å². The van der Waals surface area contributed by atoms with Crippen LogP contribution in [0.5, 0.6) is 5.75 Å². The summed E-state index contributed by atoms with van der Waals surface area (Å²) in [5.74, 6) is -5.12. The summed E-state index contributed by atoms with van der Waals surface area (Å²) in [6, 6.07) is 0.798. The van der Waals surface area contributed by atoms with Crippen LogP contribution in [0.15, 0.2) is 24.3 Å². The summed E-state index contributed by atoms with van der Waals surface area (Å²) < 4.78 is 0. The highest BCUT2D eigenvalue weighted by Gasteiger charge is 2.33. The van der Waals surface area contributed by atoms with Gasteiger partial charge in [-0.1, -0.05) is 39.8 Å². The van der Waals surface area contributed by atoms with Crippen LogP contribution in [0.2, 0.25) is 0 Å². The van der Waals surface area contributed by atoms with Gasteiger partial charge in [-0.05, 0) is 68.2 Å². The minimum absolute atomic E-state index is 0.00794. The Morgan fingerprint density at radius 2 is 1.29 bits per heavy atom. The molecule has 1 fully saturated rings. The van der Waals surface area contributed by atoms with Gasteiger partial charge in [-0.3, -0.25) is 24.0 Å². The number of hydrogen-bond donors (Lipinski definition) is 8. The van der Waals surface area contributed by atoms with E-state index in [1.807, 2.05) is 13.8 Å². The van der Waals surface area contributed by atoms with Crippen LogP contribution in [-0.4, -0.2) is 87.6 Å². The fourth-order valence-corrected chi connectivity index (χ4v) is 5.01. The molecule has 1 aromatic rings. The van der Waals surface area contributed by atoms with Crippen LogP contribution < -0.4 is 26.6 Å². The lowest BCUT2D eigenvalue weighted by Crippen LogP contribution is -2.59. The van der Waals surface area contributed by atoms with E-state index >= 15 is 0 Å². The molecule has 0 aromatic heterocycles. The van der Waals surface area contributed by atoms with Gasteiger partial charge in [0, 0.05) is 12.8 Å². The number of nitrogens with one attached hydrogen (secondary N) is 5. The molecule has 1 heterocycles. The SMILES string of the molecule is CC(C)C[C@H](NC(=O)[C@H](Cc1ccc(O)cc1)NC(=O)[C@H](CC(C)C)NC(=O)[C@@H]1CCCN1)C(=O)N[C@@H](CCC(=O)O)C(=O)O. The van der Waals surface area contributed by atoms with Gasteiger partial charge in [0.2, 0.25) is 23.6 Å². The summed E-state index contributed by atoms with van der Waals surface area (Å²) in [4.78, 5) is 76.0. The second-order valence-electron chi connectivity index (χ2n) is 12.3. The molecule has 1 aliphatic heterocycles. The fourth-order valence-electron chi connectivity index (χ4n) is 5.01. The molecule has 5 atom stereocenters. The number of carboxylic acid groups (broad SMARTS) is 2. The number of amides is 4. The minimum Gasteiger partial charge on any atom is -0.508 e. The van der Waals surface area contributed by atoms with E-state index in [2.05, 4.69) is 26.6 Å². The van der Waals surface area contributed by atoms with Crippen LogP contribution in [0.3, 0.4) is 0 Å². The van der Waals surface area contributed by atoms with Crippen LogP contribution in [0, 0.1) is 11.8 Å². The van der Waals surface area contributed by atoms with Crippen LogP contribution in [0.1, 0.15) is 71.8 Å². The highest BCUT2D eigenvalue weighted by atomic mass is 16.4.